The van der Waals surface area contributed by atoms with Crippen LogP contribution in [-0.4, -0.2) is 11.9 Å². The smallest absolute Gasteiger partial charge is 0.251 e. The molecule has 110 valence electrons. The summed E-state index contributed by atoms with van der Waals surface area (Å²) in [6.45, 7) is 13.2. The lowest BCUT2D eigenvalue weighted by molar-refractivity contribution is -0.0366. The summed E-state index contributed by atoms with van der Waals surface area (Å²) in [4.78, 5) is 12.4. The second kappa shape index (κ2) is 4.91. The van der Waals surface area contributed by atoms with Gasteiger partial charge in [0.2, 0.25) is 0 Å². The molecule has 1 amide bonds. The van der Waals surface area contributed by atoms with Crippen molar-refractivity contribution in [3.63, 3.8) is 0 Å². The molecule has 0 atom stereocenters. The van der Waals surface area contributed by atoms with Gasteiger partial charge in [-0.25, -0.2) is 0 Å². The molecule has 0 spiro atoms. The molecule has 0 bridgehead atoms. The first-order chi connectivity index (χ1) is 9.13. The Balaban J connectivity index is 2.09. The maximum Gasteiger partial charge on any atom is 0.251 e. The molecule has 2 nitrogen and oxygen atoms in total. The number of benzene rings is 1. The molecule has 2 heteroatoms. The van der Waals surface area contributed by atoms with Gasteiger partial charge in [-0.3, -0.25) is 4.79 Å². The fourth-order valence-electron chi connectivity index (χ4n) is 3.93. The molecule has 1 saturated carbocycles. The van der Waals surface area contributed by atoms with Crippen LogP contribution in [0, 0.1) is 10.8 Å². The molecule has 1 fully saturated rings. The van der Waals surface area contributed by atoms with Gasteiger partial charge in [-0.05, 0) is 40.9 Å². The van der Waals surface area contributed by atoms with Crippen LogP contribution in [0.25, 0.3) is 0 Å². The van der Waals surface area contributed by atoms with Crippen LogP contribution in [0.15, 0.2) is 24.3 Å². The van der Waals surface area contributed by atoms with Crippen molar-refractivity contribution in [1.29, 1.82) is 0 Å². The second-order valence-corrected chi connectivity index (χ2v) is 7.84. The summed E-state index contributed by atoms with van der Waals surface area (Å²) in [6, 6.07) is 8.22. The predicted octanol–water partition coefficient (Wildman–Crippen LogP) is 4.36. The Kier molecular flexibility index (Phi) is 3.70. The van der Waals surface area contributed by atoms with E-state index in [0.29, 0.717) is 5.92 Å². The highest BCUT2D eigenvalue weighted by Crippen LogP contribution is 2.53. The monoisotopic (exact) mass is 273 g/mol. The van der Waals surface area contributed by atoms with Crippen LogP contribution in [0.4, 0.5) is 0 Å². The lowest BCUT2D eigenvalue weighted by atomic mass is 9.52. The van der Waals surface area contributed by atoms with Crippen LogP contribution < -0.4 is 5.32 Å². The molecule has 0 aromatic heterocycles. The average Bonchev–Trinajstić information content (AvgIpc) is 2.34. The molecule has 0 aliphatic heterocycles. The number of carbonyl (C=O) groups excluding carboxylic acids is 1. The van der Waals surface area contributed by atoms with E-state index in [-0.39, 0.29) is 22.8 Å². The normalized spacial score (nSPS) is 20.6. The lowest BCUT2D eigenvalue weighted by Gasteiger charge is -2.57. The molecule has 0 radical (unpaired) electrons. The first-order valence-electron chi connectivity index (χ1n) is 7.54. The maximum atomic E-state index is 12.4. The van der Waals surface area contributed by atoms with Crippen LogP contribution >= 0.6 is 0 Å². The fraction of sp³-hybridized carbons (Fsp3) is 0.611. The first-order valence-corrected chi connectivity index (χ1v) is 7.54. The maximum absolute atomic E-state index is 12.4. The minimum absolute atomic E-state index is 0.0474. The van der Waals surface area contributed by atoms with E-state index in [1.54, 1.807) is 0 Å². The summed E-state index contributed by atoms with van der Waals surface area (Å²) in [7, 11) is 0. The largest absolute Gasteiger partial charge is 0.348 e. The molecule has 20 heavy (non-hydrogen) atoms. The van der Waals surface area contributed by atoms with Crippen LogP contribution in [0.3, 0.4) is 0 Å². The zero-order valence-corrected chi connectivity index (χ0v) is 13.6. The average molecular weight is 273 g/mol. The van der Waals surface area contributed by atoms with Crippen molar-refractivity contribution in [3.8, 4) is 0 Å². The lowest BCUT2D eigenvalue weighted by Crippen LogP contribution is -2.63. The van der Waals surface area contributed by atoms with Crippen LogP contribution in [0.1, 0.15) is 69.8 Å². The van der Waals surface area contributed by atoms with Crippen LogP contribution in [0.2, 0.25) is 0 Å². The van der Waals surface area contributed by atoms with Gasteiger partial charge in [0.1, 0.15) is 0 Å². The molecule has 1 aliphatic rings. The van der Waals surface area contributed by atoms with E-state index in [9.17, 15) is 4.79 Å². The molecule has 1 N–H and O–H groups in total. The summed E-state index contributed by atoms with van der Waals surface area (Å²) in [5.41, 5.74) is 2.41. The van der Waals surface area contributed by atoms with E-state index >= 15 is 0 Å². The molecular formula is C18H27NO. The fourth-order valence-corrected chi connectivity index (χ4v) is 3.93. The minimum atomic E-state index is 0.0474. The quantitative estimate of drug-likeness (QED) is 0.870. The molecule has 0 heterocycles. The van der Waals surface area contributed by atoms with Gasteiger partial charge in [0.05, 0.1) is 0 Å². The molecule has 2 rings (SSSR count). The Hall–Kier alpha value is -1.31. The number of rotatable bonds is 3. The molecule has 0 unspecified atom stereocenters. The highest BCUT2D eigenvalue weighted by molar-refractivity contribution is 5.94. The van der Waals surface area contributed by atoms with Gasteiger partial charge >= 0.3 is 0 Å². The minimum Gasteiger partial charge on any atom is -0.348 e. The Morgan fingerprint density at radius 3 is 2.00 bits per heavy atom. The van der Waals surface area contributed by atoms with Gasteiger partial charge < -0.3 is 5.32 Å². The Morgan fingerprint density at radius 1 is 1.10 bits per heavy atom. The van der Waals surface area contributed by atoms with Crippen molar-refractivity contribution in [2.45, 2.75) is 59.9 Å². The molecular weight excluding hydrogens is 246 g/mol. The zero-order valence-electron chi connectivity index (χ0n) is 13.6. The summed E-state index contributed by atoms with van der Waals surface area (Å²) >= 11 is 0. The van der Waals surface area contributed by atoms with Gasteiger partial charge in [-0.1, -0.05) is 53.7 Å². The summed E-state index contributed by atoms with van der Waals surface area (Å²) < 4.78 is 0. The highest BCUT2D eigenvalue weighted by Gasteiger charge is 2.53. The standard InChI is InChI=1S/C18H27NO/c1-12(2)13-7-9-14(10-8-13)15(20)19-16-17(3,4)11-18(16,5)6/h7-10,12,16H,11H2,1-6H3,(H,19,20). The van der Waals surface area contributed by atoms with E-state index in [1.165, 1.54) is 5.56 Å². The number of hydrogen-bond donors (Lipinski definition) is 1. The van der Waals surface area contributed by atoms with E-state index in [2.05, 4.69) is 59.0 Å². The number of hydrogen-bond acceptors (Lipinski definition) is 1. The highest BCUT2D eigenvalue weighted by atomic mass is 16.1. The summed E-state index contributed by atoms with van der Waals surface area (Å²) in [6.07, 6.45) is 1.15. The van der Waals surface area contributed by atoms with Gasteiger partial charge in [0, 0.05) is 11.6 Å². The topological polar surface area (TPSA) is 29.1 Å². The second-order valence-electron chi connectivity index (χ2n) is 7.84. The third-order valence-electron chi connectivity index (χ3n) is 4.59. The van der Waals surface area contributed by atoms with E-state index in [1.807, 2.05) is 12.1 Å². The van der Waals surface area contributed by atoms with Crippen molar-refractivity contribution in [2.24, 2.45) is 10.8 Å². The van der Waals surface area contributed by atoms with Crippen molar-refractivity contribution in [1.82, 2.24) is 5.32 Å². The van der Waals surface area contributed by atoms with Gasteiger partial charge in [0.15, 0.2) is 0 Å². The molecule has 1 aromatic carbocycles. The van der Waals surface area contributed by atoms with Crippen LogP contribution in [-0.2, 0) is 0 Å². The Morgan fingerprint density at radius 2 is 1.60 bits per heavy atom. The predicted molar refractivity (Wildman–Crippen MR) is 84.0 cm³/mol. The number of nitrogens with one attached hydrogen (secondary N) is 1. The third-order valence-corrected chi connectivity index (χ3v) is 4.59. The first kappa shape index (κ1) is 15.1. The van der Waals surface area contributed by atoms with Crippen LogP contribution in [0.5, 0.6) is 0 Å². The van der Waals surface area contributed by atoms with Crippen molar-refractivity contribution < 1.29 is 4.79 Å². The van der Waals surface area contributed by atoms with Gasteiger partial charge in [0.25, 0.3) is 5.91 Å². The zero-order chi connectivity index (χ0) is 15.1. The van der Waals surface area contributed by atoms with Crippen molar-refractivity contribution >= 4 is 5.91 Å². The molecule has 1 aromatic rings. The van der Waals surface area contributed by atoms with E-state index in [4.69, 9.17) is 0 Å². The summed E-state index contributed by atoms with van der Waals surface area (Å²) in [5, 5.41) is 3.22. The Labute approximate surface area is 123 Å². The Bertz CT molecular complexity index is 483. The van der Waals surface area contributed by atoms with E-state index in [0.717, 1.165) is 12.0 Å². The van der Waals surface area contributed by atoms with Crippen molar-refractivity contribution in [3.05, 3.63) is 35.4 Å². The summed E-state index contributed by atoms with van der Waals surface area (Å²) in [5.74, 6) is 0.544. The number of carbonyl (C=O) groups is 1. The molecule has 0 saturated heterocycles. The van der Waals surface area contributed by atoms with E-state index < -0.39 is 0 Å². The number of amides is 1. The molecule has 1 aliphatic carbocycles. The van der Waals surface area contributed by atoms with Crippen molar-refractivity contribution in [2.75, 3.05) is 0 Å². The SMILES string of the molecule is CC(C)c1ccc(C(=O)NC2C(C)(C)CC2(C)C)cc1. The van der Waals surface area contributed by atoms with Gasteiger partial charge in [-0.15, -0.1) is 0 Å². The third kappa shape index (κ3) is 2.74. The van der Waals surface area contributed by atoms with Gasteiger partial charge in [-0.2, -0.15) is 0 Å².